The van der Waals surface area contributed by atoms with E-state index in [1.165, 1.54) is 18.5 Å². The van der Waals surface area contributed by atoms with E-state index in [0.29, 0.717) is 38.3 Å². The summed E-state index contributed by atoms with van der Waals surface area (Å²) in [5.41, 5.74) is 0. The van der Waals surface area contributed by atoms with Crippen molar-refractivity contribution in [3.8, 4) is 5.75 Å². The van der Waals surface area contributed by atoms with Crippen molar-refractivity contribution in [3.05, 3.63) is 42.7 Å². The first-order valence-corrected chi connectivity index (χ1v) is 7.82. The average Bonchev–Trinajstić information content (AvgIpc) is 3.08. The lowest BCUT2D eigenvalue weighted by Crippen LogP contribution is -2.51. The first kappa shape index (κ1) is 16.4. The van der Waals surface area contributed by atoms with Crippen LogP contribution in [-0.2, 0) is 16.1 Å². The van der Waals surface area contributed by atoms with E-state index in [2.05, 4.69) is 15.4 Å². The Bertz CT molecular complexity index is 665. The van der Waals surface area contributed by atoms with Crippen LogP contribution < -0.4 is 10.1 Å². The largest absolute Gasteiger partial charge is 0.486 e. The van der Waals surface area contributed by atoms with E-state index >= 15 is 0 Å². The van der Waals surface area contributed by atoms with Crippen LogP contribution in [0.1, 0.15) is 12.8 Å². The molecule has 1 aliphatic heterocycles. The quantitative estimate of drug-likeness (QED) is 0.858. The number of nitrogens with one attached hydrogen (secondary N) is 1. The van der Waals surface area contributed by atoms with Gasteiger partial charge in [-0.3, -0.25) is 9.48 Å². The summed E-state index contributed by atoms with van der Waals surface area (Å²) in [6.45, 7) is 1.37. The van der Waals surface area contributed by atoms with Crippen LogP contribution in [0, 0.1) is 5.82 Å². The van der Waals surface area contributed by atoms with E-state index in [1.807, 2.05) is 0 Å². The average molecular weight is 334 g/mol. The van der Waals surface area contributed by atoms with Crippen LogP contribution in [0.3, 0.4) is 0 Å². The van der Waals surface area contributed by atoms with Gasteiger partial charge in [0, 0.05) is 19.1 Å². The first-order valence-electron chi connectivity index (χ1n) is 7.82. The Morgan fingerprint density at radius 2 is 2.42 bits per heavy atom. The van der Waals surface area contributed by atoms with Gasteiger partial charge in [-0.05, 0) is 18.6 Å². The molecule has 0 radical (unpaired) electrons. The molecule has 2 atom stereocenters. The number of halogens is 1. The van der Waals surface area contributed by atoms with Crippen molar-refractivity contribution in [1.82, 2.24) is 20.1 Å². The summed E-state index contributed by atoms with van der Waals surface area (Å²) in [6.07, 6.45) is 3.59. The number of hydrogen-bond donors (Lipinski definition) is 1. The molecule has 0 spiro atoms. The van der Waals surface area contributed by atoms with Gasteiger partial charge in [-0.25, -0.2) is 9.37 Å². The maximum absolute atomic E-state index is 13.3. The Balaban J connectivity index is 1.54. The van der Waals surface area contributed by atoms with Crippen molar-refractivity contribution >= 4 is 5.91 Å². The summed E-state index contributed by atoms with van der Waals surface area (Å²) in [7, 11) is 0. The Morgan fingerprint density at radius 3 is 3.21 bits per heavy atom. The Morgan fingerprint density at radius 1 is 1.50 bits per heavy atom. The molecule has 24 heavy (non-hydrogen) atoms. The van der Waals surface area contributed by atoms with Crippen LogP contribution in [-0.4, -0.2) is 46.0 Å². The van der Waals surface area contributed by atoms with Gasteiger partial charge in [0.25, 0.3) is 0 Å². The number of ether oxygens (including phenoxy) is 2. The third-order valence-electron chi connectivity index (χ3n) is 3.77. The van der Waals surface area contributed by atoms with Gasteiger partial charge in [0.2, 0.25) is 5.91 Å². The summed E-state index contributed by atoms with van der Waals surface area (Å²) in [4.78, 5) is 16.0. The molecule has 8 heteroatoms. The van der Waals surface area contributed by atoms with Crippen LogP contribution in [0.4, 0.5) is 4.39 Å². The van der Waals surface area contributed by atoms with E-state index < -0.39 is 0 Å². The minimum Gasteiger partial charge on any atom is -0.486 e. The fraction of sp³-hybridized carbons (Fsp3) is 0.438. The highest BCUT2D eigenvalue weighted by atomic mass is 19.1. The summed E-state index contributed by atoms with van der Waals surface area (Å²) < 4.78 is 26.1. The molecule has 3 rings (SSSR count). The number of amides is 1. The molecule has 1 amide bonds. The molecule has 1 N–H and O–H groups in total. The number of benzene rings is 1. The summed E-state index contributed by atoms with van der Waals surface area (Å²) in [5.74, 6) is -0.0322. The number of carbonyl (C=O) groups excluding carboxylic acids is 1. The first-order chi connectivity index (χ1) is 11.7. The van der Waals surface area contributed by atoms with E-state index in [0.717, 1.165) is 0 Å². The highest BCUT2D eigenvalue weighted by Crippen LogP contribution is 2.18. The van der Waals surface area contributed by atoms with Crippen LogP contribution in [0.15, 0.2) is 36.9 Å². The van der Waals surface area contributed by atoms with Gasteiger partial charge in [-0.15, -0.1) is 0 Å². The van der Waals surface area contributed by atoms with Crippen molar-refractivity contribution in [1.29, 1.82) is 0 Å². The highest BCUT2D eigenvalue weighted by Gasteiger charge is 2.29. The number of aryl methyl sites for hydroxylation is 1. The van der Waals surface area contributed by atoms with Crippen LogP contribution in [0.25, 0.3) is 0 Å². The molecular formula is C16H19FN4O3. The van der Waals surface area contributed by atoms with Crippen molar-refractivity contribution in [2.24, 2.45) is 0 Å². The van der Waals surface area contributed by atoms with Gasteiger partial charge >= 0.3 is 0 Å². The molecule has 1 saturated heterocycles. The van der Waals surface area contributed by atoms with Gasteiger partial charge in [-0.1, -0.05) is 6.07 Å². The van der Waals surface area contributed by atoms with Crippen molar-refractivity contribution < 1.29 is 18.7 Å². The molecule has 1 fully saturated rings. The highest BCUT2D eigenvalue weighted by molar-refractivity contribution is 5.76. The van der Waals surface area contributed by atoms with Crippen LogP contribution in [0.5, 0.6) is 5.75 Å². The van der Waals surface area contributed by atoms with Gasteiger partial charge in [0.1, 0.15) is 30.3 Å². The standard InChI is InChI=1S/C16H19FN4O3/c17-12-2-1-3-13(8-12)24-15-9-23-7-5-14(15)20-16(22)4-6-21-11-18-10-19-21/h1-3,8,10-11,14-15H,4-7,9H2,(H,20,22)/t14-,15-/m1/s1. The number of nitrogens with zero attached hydrogens (tertiary/aromatic N) is 3. The van der Waals surface area contributed by atoms with E-state index in [-0.39, 0.29) is 23.9 Å². The van der Waals surface area contributed by atoms with Crippen molar-refractivity contribution in [3.63, 3.8) is 0 Å². The summed E-state index contributed by atoms with van der Waals surface area (Å²) in [5, 5.41) is 6.93. The Kier molecular flexibility index (Phi) is 5.37. The van der Waals surface area contributed by atoms with Gasteiger partial charge in [0.05, 0.1) is 19.2 Å². The van der Waals surface area contributed by atoms with Crippen molar-refractivity contribution in [2.75, 3.05) is 13.2 Å². The zero-order valence-corrected chi connectivity index (χ0v) is 13.1. The van der Waals surface area contributed by atoms with Crippen LogP contribution >= 0.6 is 0 Å². The predicted molar refractivity (Wildman–Crippen MR) is 82.8 cm³/mol. The molecule has 1 aromatic carbocycles. The lowest BCUT2D eigenvalue weighted by molar-refractivity contribution is -0.124. The zero-order valence-electron chi connectivity index (χ0n) is 13.1. The van der Waals surface area contributed by atoms with Gasteiger partial charge in [-0.2, -0.15) is 5.10 Å². The summed E-state index contributed by atoms with van der Waals surface area (Å²) in [6, 6.07) is 5.76. The molecule has 2 aromatic rings. The SMILES string of the molecule is O=C(CCn1cncn1)N[C@@H]1CCOC[C@H]1Oc1cccc(F)c1. The minimum atomic E-state index is -0.363. The molecule has 0 aliphatic carbocycles. The molecule has 1 aliphatic rings. The molecular weight excluding hydrogens is 315 g/mol. The topological polar surface area (TPSA) is 78.3 Å². The number of rotatable bonds is 6. The van der Waals surface area contributed by atoms with Crippen LogP contribution in [0.2, 0.25) is 0 Å². The third kappa shape index (κ3) is 4.51. The lowest BCUT2D eigenvalue weighted by Gasteiger charge is -2.32. The second-order valence-corrected chi connectivity index (χ2v) is 5.56. The predicted octanol–water partition coefficient (Wildman–Crippen LogP) is 1.16. The molecule has 0 bridgehead atoms. The monoisotopic (exact) mass is 334 g/mol. The van der Waals surface area contributed by atoms with Crippen molar-refractivity contribution in [2.45, 2.75) is 31.5 Å². The van der Waals surface area contributed by atoms with Gasteiger partial charge in [0.15, 0.2) is 0 Å². The molecule has 1 aromatic heterocycles. The normalized spacial score (nSPS) is 20.5. The Labute approximate surface area is 138 Å². The maximum Gasteiger partial charge on any atom is 0.222 e. The molecule has 128 valence electrons. The number of carbonyl (C=O) groups is 1. The fourth-order valence-electron chi connectivity index (χ4n) is 2.55. The van der Waals surface area contributed by atoms with Gasteiger partial charge < -0.3 is 14.8 Å². The molecule has 2 heterocycles. The third-order valence-corrected chi connectivity index (χ3v) is 3.77. The summed E-state index contributed by atoms with van der Waals surface area (Å²) >= 11 is 0. The lowest BCUT2D eigenvalue weighted by atomic mass is 10.1. The molecule has 0 unspecified atom stereocenters. The van der Waals surface area contributed by atoms with E-state index in [9.17, 15) is 9.18 Å². The fourth-order valence-corrected chi connectivity index (χ4v) is 2.55. The van der Waals surface area contributed by atoms with E-state index in [1.54, 1.807) is 23.1 Å². The minimum absolute atomic E-state index is 0.0924. The zero-order chi connectivity index (χ0) is 16.8. The molecule has 0 saturated carbocycles. The smallest absolute Gasteiger partial charge is 0.222 e. The molecule has 7 nitrogen and oxygen atoms in total. The maximum atomic E-state index is 13.3. The van der Waals surface area contributed by atoms with E-state index in [4.69, 9.17) is 9.47 Å². The Hall–Kier alpha value is -2.48. The second-order valence-electron chi connectivity index (χ2n) is 5.56. The number of aromatic nitrogens is 3. The number of hydrogen-bond acceptors (Lipinski definition) is 5. The second kappa shape index (κ2) is 7.87.